The molecule has 0 saturated heterocycles. The lowest BCUT2D eigenvalue weighted by atomic mass is 9.98. The Balaban J connectivity index is 0.920. The van der Waals surface area contributed by atoms with Crippen molar-refractivity contribution < 1.29 is 4.42 Å². The Morgan fingerprint density at radius 2 is 0.761 bits per heavy atom. The van der Waals surface area contributed by atoms with E-state index in [1.165, 1.54) is 86.6 Å². The van der Waals surface area contributed by atoms with Gasteiger partial charge in [-0.15, -0.1) is 11.3 Å². The minimum absolute atomic E-state index is 0.912. The van der Waals surface area contributed by atoms with Crippen LogP contribution in [0.15, 0.2) is 253 Å². The fraction of sp³-hybridized carbons (Fsp3) is 0. The van der Waals surface area contributed by atoms with Gasteiger partial charge in [-0.3, -0.25) is 0 Å². The van der Waals surface area contributed by atoms with Gasteiger partial charge >= 0.3 is 0 Å². The Morgan fingerprint density at radius 1 is 0.299 bits per heavy atom. The van der Waals surface area contributed by atoms with E-state index < -0.39 is 0 Å². The van der Waals surface area contributed by atoms with Gasteiger partial charge in [-0.25, -0.2) is 0 Å². The second-order valence-corrected chi connectivity index (χ2v) is 18.3. The molecule has 11 aromatic carbocycles. The lowest BCUT2D eigenvalue weighted by Gasteiger charge is -2.27. The first-order valence-corrected chi connectivity index (χ1v) is 23.6. The van der Waals surface area contributed by atoms with Crippen LogP contribution in [-0.2, 0) is 0 Å². The van der Waals surface area contributed by atoms with Gasteiger partial charge in [0.25, 0.3) is 0 Å². The molecule has 0 aliphatic heterocycles. The zero-order valence-corrected chi connectivity index (χ0v) is 37.3. The maximum atomic E-state index is 6.18. The van der Waals surface area contributed by atoms with Crippen molar-refractivity contribution in [1.29, 1.82) is 0 Å². The van der Waals surface area contributed by atoms with Crippen molar-refractivity contribution in [1.82, 2.24) is 0 Å². The molecule has 0 spiro atoms. The topological polar surface area (TPSA) is 16.4 Å². The summed E-state index contributed by atoms with van der Waals surface area (Å²) in [7, 11) is 0. The summed E-state index contributed by atoms with van der Waals surface area (Å²) in [5.74, 6) is 0. The molecular weight excluding hydrogens is 831 g/mol. The zero-order chi connectivity index (χ0) is 44.3. The Bertz CT molecular complexity index is 3800. The zero-order valence-electron chi connectivity index (χ0n) is 36.4. The summed E-state index contributed by atoms with van der Waals surface area (Å²) in [5, 5.41) is 7.27. The quantitative estimate of drug-likeness (QED) is 0.151. The summed E-state index contributed by atoms with van der Waals surface area (Å²) >= 11 is 1.88. The normalized spacial score (nSPS) is 11.6. The Morgan fingerprint density at radius 3 is 1.34 bits per heavy atom. The van der Waals surface area contributed by atoms with Gasteiger partial charge in [0.2, 0.25) is 0 Å². The second kappa shape index (κ2) is 16.2. The second-order valence-electron chi connectivity index (χ2n) is 17.3. The average molecular weight is 872 g/mol. The van der Waals surface area contributed by atoms with E-state index in [4.69, 9.17) is 4.42 Å². The molecule has 67 heavy (non-hydrogen) atoms. The molecule has 0 radical (unpaired) electrons. The van der Waals surface area contributed by atoms with Gasteiger partial charge in [-0.2, -0.15) is 0 Å². The molecule has 2 aromatic heterocycles. The van der Waals surface area contributed by atoms with E-state index in [1.54, 1.807) is 0 Å². The van der Waals surface area contributed by atoms with Gasteiger partial charge < -0.3 is 9.32 Å². The van der Waals surface area contributed by atoms with Gasteiger partial charge in [-0.1, -0.05) is 188 Å². The molecule has 0 atom stereocenters. The lowest BCUT2D eigenvalue weighted by molar-refractivity contribution is 0.669. The van der Waals surface area contributed by atoms with Gasteiger partial charge in [0, 0.05) is 47.7 Å². The summed E-state index contributed by atoms with van der Waals surface area (Å²) in [6, 6.07) is 90.2. The highest BCUT2D eigenvalue weighted by molar-refractivity contribution is 7.26. The van der Waals surface area contributed by atoms with E-state index in [9.17, 15) is 0 Å². The van der Waals surface area contributed by atoms with E-state index in [0.29, 0.717) is 0 Å². The van der Waals surface area contributed by atoms with Crippen molar-refractivity contribution in [2.45, 2.75) is 0 Å². The molecule has 0 fully saturated rings. The number of hydrogen-bond donors (Lipinski definition) is 0. The molecule has 314 valence electrons. The summed E-state index contributed by atoms with van der Waals surface area (Å²) in [6.45, 7) is 0. The van der Waals surface area contributed by atoms with Gasteiger partial charge in [0.1, 0.15) is 11.2 Å². The summed E-state index contributed by atoms with van der Waals surface area (Å²) in [6.07, 6.45) is 0. The van der Waals surface area contributed by atoms with Crippen LogP contribution in [0.2, 0.25) is 0 Å². The van der Waals surface area contributed by atoms with Crippen LogP contribution >= 0.6 is 11.3 Å². The molecule has 0 aliphatic carbocycles. The van der Waals surface area contributed by atoms with Crippen molar-refractivity contribution >= 4 is 81.3 Å². The number of para-hydroxylation sites is 1. The van der Waals surface area contributed by atoms with Gasteiger partial charge in [-0.05, 0) is 122 Å². The highest BCUT2D eigenvalue weighted by Gasteiger charge is 2.20. The number of benzene rings is 11. The van der Waals surface area contributed by atoms with Crippen LogP contribution < -0.4 is 4.90 Å². The van der Waals surface area contributed by atoms with Crippen molar-refractivity contribution in [2.24, 2.45) is 0 Å². The van der Waals surface area contributed by atoms with E-state index in [-0.39, 0.29) is 0 Å². The summed E-state index contributed by atoms with van der Waals surface area (Å²) in [5.41, 5.74) is 17.2. The first-order valence-electron chi connectivity index (χ1n) is 22.8. The fourth-order valence-electron chi connectivity index (χ4n) is 9.86. The molecule has 2 nitrogen and oxygen atoms in total. The molecular formula is C64H41NOS. The van der Waals surface area contributed by atoms with Crippen molar-refractivity contribution in [2.75, 3.05) is 4.90 Å². The third-order valence-electron chi connectivity index (χ3n) is 13.3. The van der Waals surface area contributed by atoms with E-state index >= 15 is 0 Å². The number of rotatable bonds is 8. The van der Waals surface area contributed by atoms with E-state index in [2.05, 4.69) is 241 Å². The highest BCUT2D eigenvalue weighted by atomic mass is 32.1. The largest absolute Gasteiger partial charge is 0.456 e. The minimum Gasteiger partial charge on any atom is -0.456 e. The number of anilines is 3. The first-order chi connectivity index (χ1) is 33.2. The number of furan rings is 1. The average Bonchev–Trinajstić information content (AvgIpc) is 3.98. The van der Waals surface area contributed by atoms with Crippen LogP contribution in [0.1, 0.15) is 0 Å². The Labute approximate surface area is 392 Å². The molecule has 0 aliphatic rings. The predicted molar refractivity (Wildman–Crippen MR) is 286 cm³/mol. The molecule has 0 N–H and O–H groups in total. The standard InChI is InChI=1S/C64H41NOS/c1-3-10-42(11-4-1)44-18-22-46(23-19-44)48-26-33-53(34-27-48)65(54-35-28-49(29-36-54)47-24-20-45(21-25-47)43-12-5-2-6-13-43)59-16-9-14-50-30-37-56-58-41-52(32-39-62(58)67-64(56)63(50)59)51-31-38-61-57(40-51)55-15-7-8-17-60(55)66-61/h1-41H. The monoisotopic (exact) mass is 871 g/mol. The van der Waals surface area contributed by atoms with Crippen molar-refractivity contribution in [3.8, 4) is 55.6 Å². The molecule has 13 rings (SSSR count). The number of hydrogen-bond acceptors (Lipinski definition) is 3. The van der Waals surface area contributed by atoms with Crippen LogP contribution in [0, 0.1) is 0 Å². The Hall–Kier alpha value is -8.50. The Kier molecular flexibility index (Phi) is 9.40. The molecule has 3 heteroatoms. The van der Waals surface area contributed by atoms with Crippen LogP contribution in [-0.4, -0.2) is 0 Å². The van der Waals surface area contributed by atoms with Gasteiger partial charge in [0.05, 0.1) is 5.69 Å². The highest BCUT2D eigenvalue weighted by Crippen LogP contribution is 2.47. The van der Waals surface area contributed by atoms with Crippen molar-refractivity contribution in [3.05, 3.63) is 249 Å². The number of nitrogens with zero attached hydrogens (tertiary/aromatic N) is 1. The molecule has 0 saturated carbocycles. The van der Waals surface area contributed by atoms with Crippen LogP contribution in [0.5, 0.6) is 0 Å². The molecule has 0 unspecified atom stereocenters. The third kappa shape index (κ3) is 6.96. The van der Waals surface area contributed by atoms with E-state index in [1.807, 2.05) is 23.5 Å². The SMILES string of the molecule is c1ccc(-c2ccc(-c3ccc(N(c4ccc(-c5ccc(-c6ccccc6)cc5)cc4)c4cccc5ccc6c7cc(-c8ccc9oc%10ccccc%10c9c8)ccc7sc6c45)cc3)cc2)cc1. The molecule has 0 amide bonds. The third-order valence-corrected chi connectivity index (χ3v) is 14.5. The minimum atomic E-state index is 0.912. The van der Waals surface area contributed by atoms with Crippen LogP contribution in [0.4, 0.5) is 17.1 Å². The fourth-order valence-corrected chi connectivity index (χ4v) is 11.1. The predicted octanol–water partition coefficient (Wildman–Crippen LogP) is 18.9. The first kappa shape index (κ1) is 38.9. The molecule has 2 heterocycles. The number of fused-ring (bicyclic) bond motifs is 8. The lowest BCUT2D eigenvalue weighted by Crippen LogP contribution is -2.10. The molecule has 13 aromatic rings. The summed E-state index contributed by atoms with van der Waals surface area (Å²) < 4.78 is 8.73. The van der Waals surface area contributed by atoms with Crippen LogP contribution in [0.25, 0.3) is 109 Å². The summed E-state index contributed by atoms with van der Waals surface area (Å²) in [4.78, 5) is 2.44. The maximum absolute atomic E-state index is 6.18. The van der Waals surface area contributed by atoms with E-state index in [0.717, 1.165) is 39.0 Å². The number of thiophene rings is 1. The van der Waals surface area contributed by atoms with Crippen molar-refractivity contribution in [3.63, 3.8) is 0 Å². The smallest absolute Gasteiger partial charge is 0.135 e. The molecule has 0 bridgehead atoms. The maximum Gasteiger partial charge on any atom is 0.135 e. The van der Waals surface area contributed by atoms with Gasteiger partial charge in [0.15, 0.2) is 0 Å². The van der Waals surface area contributed by atoms with Crippen LogP contribution in [0.3, 0.4) is 0 Å².